The summed E-state index contributed by atoms with van der Waals surface area (Å²) in [6.07, 6.45) is 9.46. The van der Waals surface area contributed by atoms with E-state index in [0.717, 1.165) is 12.6 Å². The molecule has 2 aliphatic heterocycles. The summed E-state index contributed by atoms with van der Waals surface area (Å²) in [7, 11) is 2.00. The average molecular weight is 234 g/mol. The van der Waals surface area contributed by atoms with Crippen LogP contribution in [0.3, 0.4) is 0 Å². The van der Waals surface area contributed by atoms with E-state index in [1.165, 1.54) is 44.5 Å². The molecule has 2 aliphatic rings. The molecule has 0 spiro atoms. The standard InChI is InChI=1S/C13H22N4/c1-14-8-11-9-15-10-17(11)13-5-7-16-6-3-2-4-12(13)16/h9-10,12-14H,2-8H2,1H3. The van der Waals surface area contributed by atoms with Gasteiger partial charge in [0, 0.05) is 25.3 Å². The predicted octanol–water partition coefficient (Wildman–Crippen LogP) is 1.40. The van der Waals surface area contributed by atoms with E-state index in [4.69, 9.17) is 0 Å². The van der Waals surface area contributed by atoms with E-state index in [1.54, 1.807) is 0 Å². The van der Waals surface area contributed by atoms with Gasteiger partial charge < -0.3 is 9.88 Å². The Morgan fingerprint density at radius 1 is 1.29 bits per heavy atom. The summed E-state index contributed by atoms with van der Waals surface area (Å²) in [6, 6.07) is 1.41. The van der Waals surface area contributed by atoms with Gasteiger partial charge in [0.05, 0.1) is 18.1 Å². The molecule has 1 aromatic rings. The Balaban J connectivity index is 1.81. The fourth-order valence-corrected chi connectivity index (χ4v) is 3.49. The molecule has 3 rings (SSSR count). The lowest BCUT2D eigenvalue weighted by molar-refractivity contribution is 0.172. The molecule has 0 bridgehead atoms. The van der Waals surface area contributed by atoms with Gasteiger partial charge in [0.1, 0.15) is 0 Å². The molecule has 0 saturated carbocycles. The van der Waals surface area contributed by atoms with Crippen molar-refractivity contribution in [1.82, 2.24) is 19.8 Å². The molecule has 0 radical (unpaired) electrons. The van der Waals surface area contributed by atoms with Crippen molar-refractivity contribution in [3.63, 3.8) is 0 Å². The Morgan fingerprint density at radius 2 is 2.24 bits per heavy atom. The van der Waals surface area contributed by atoms with E-state index >= 15 is 0 Å². The van der Waals surface area contributed by atoms with Crippen molar-refractivity contribution >= 4 is 0 Å². The second-order valence-electron chi connectivity index (χ2n) is 5.28. The second-order valence-corrected chi connectivity index (χ2v) is 5.28. The molecule has 2 fully saturated rings. The average Bonchev–Trinajstić information content (AvgIpc) is 2.95. The Labute approximate surface area is 103 Å². The summed E-state index contributed by atoms with van der Waals surface area (Å²) >= 11 is 0. The van der Waals surface area contributed by atoms with Crippen molar-refractivity contribution in [3.8, 4) is 0 Å². The molecule has 17 heavy (non-hydrogen) atoms. The summed E-state index contributed by atoms with van der Waals surface area (Å²) < 4.78 is 2.41. The molecule has 1 N–H and O–H groups in total. The van der Waals surface area contributed by atoms with Gasteiger partial charge in [0.25, 0.3) is 0 Å². The third-order valence-corrected chi connectivity index (χ3v) is 4.28. The molecule has 2 unspecified atom stereocenters. The van der Waals surface area contributed by atoms with Crippen molar-refractivity contribution in [2.24, 2.45) is 0 Å². The third kappa shape index (κ3) is 2.00. The van der Waals surface area contributed by atoms with E-state index in [0.29, 0.717) is 6.04 Å². The van der Waals surface area contributed by atoms with E-state index in [1.807, 2.05) is 19.6 Å². The Kier molecular flexibility index (Phi) is 3.16. The quantitative estimate of drug-likeness (QED) is 0.858. The van der Waals surface area contributed by atoms with Gasteiger partial charge in [-0.3, -0.25) is 4.90 Å². The predicted molar refractivity (Wildman–Crippen MR) is 67.9 cm³/mol. The Hall–Kier alpha value is -0.870. The van der Waals surface area contributed by atoms with Crippen LogP contribution >= 0.6 is 0 Å². The minimum absolute atomic E-state index is 0.654. The number of nitrogens with one attached hydrogen (secondary N) is 1. The number of nitrogens with zero attached hydrogens (tertiary/aromatic N) is 3. The molecule has 2 saturated heterocycles. The molecule has 0 amide bonds. The highest BCUT2D eigenvalue weighted by molar-refractivity contribution is 5.04. The SMILES string of the molecule is CNCc1cncn1C1CCN2CCCCC12. The van der Waals surface area contributed by atoms with Gasteiger partial charge in [0.2, 0.25) is 0 Å². The third-order valence-electron chi connectivity index (χ3n) is 4.28. The van der Waals surface area contributed by atoms with Gasteiger partial charge in [-0.05, 0) is 32.9 Å². The minimum Gasteiger partial charge on any atom is -0.329 e. The van der Waals surface area contributed by atoms with Crippen molar-refractivity contribution in [2.75, 3.05) is 20.1 Å². The summed E-state index contributed by atoms with van der Waals surface area (Å²) in [5, 5.41) is 3.23. The number of piperidine rings is 1. The van der Waals surface area contributed by atoms with Crippen molar-refractivity contribution in [1.29, 1.82) is 0 Å². The zero-order valence-corrected chi connectivity index (χ0v) is 10.6. The molecule has 1 aromatic heterocycles. The van der Waals surface area contributed by atoms with E-state index < -0.39 is 0 Å². The maximum absolute atomic E-state index is 4.33. The first-order valence-corrected chi connectivity index (χ1v) is 6.79. The Bertz CT molecular complexity index is 373. The Morgan fingerprint density at radius 3 is 3.12 bits per heavy atom. The van der Waals surface area contributed by atoms with E-state index in [9.17, 15) is 0 Å². The summed E-state index contributed by atoms with van der Waals surface area (Å²) in [5.41, 5.74) is 1.32. The van der Waals surface area contributed by atoms with E-state index in [-0.39, 0.29) is 0 Å². The van der Waals surface area contributed by atoms with Crippen LogP contribution in [0.25, 0.3) is 0 Å². The molecular weight excluding hydrogens is 212 g/mol. The van der Waals surface area contributed by atoms with Crippen LogP contribution in [-0.2, 0) is 6.54 Å². The lowest BCUT2D eigenvalue weighted by atomic mass is 9.99. The maximum atomic E-state index is 4.33. The lowest BCUT2D eigenvalue weighted by Crippen LogP contribution is -2.38. The number of hydrogen-bond acceptors (Lipinski definition) is 3. The zero-order chi connectivity index (χ0) is 11.7. The topological polar surface area (TPSA) is 33.1 Å². The normalized spacial score (nSPS) is 29.5. The smallest absolute Gasteiger partial charge is 0.0951 e. The molecule has 3 heterocycles. The highest BCUT2D eigenvalue weighted by Gasteiger charge is 2.36. The van der Waals surface area contributed by atoms with Crippen molar-refractivity contribution in [3.05, 3.63) is 18.2 Å². The number of imidazole rings is 1. The fourth-order valence-electron chi connectivity index (χ4n) is 3.49. The van der Waals surface area contributed by atoms with Gasteiger partial charge in [-0.2, -0.15) is 0 Å². The molecule has 2 atom stereocenters. The first-order valence-electron chi connectivity index (χ1n) is 6.79. The van der Waals surface area contributed by atoms with Gasteiger partial charge >= 0.3 is 0 Å². The monoisotopic (exact) mass is 234 g/mol. The van der Waals surface area contributed by atoms with Crippen molar-refractivity contribution in [2.45, 2.75) is 44.3 Å². The van der Waals surface area contributed by atoms with Crippen LogP contribution in [0.4, 0.5) is 0 Å². The van der Waals surface area contributed by atoms with Gasteiger partial charge in [0.15, 0.2) is 0 Å². The van der Waals surface area contributed by atoms with Crippen LogP contribution in [-0.4, -0.2) is 40.6 Å². The highest BCUT2D eigenvalue weighted by atomic mass is 15.3. The summed E-state index contributed by atoms with van der Waals surface area (Å²) in [5.74, 6) is 0. The summed E-state index contributed by atoms with van der Waals surface area (Å²) in [4.78, 5) is 7.01. The number of rotatable bonds is 3. The van der Waals surface area contributed by atoms with Crippen molar-refractivity contribution < 1.29 is 0 Å². The zero-order valence-electron chi connectivity index (χ0n) is 10.6. The lowest BCUT2D eigenvalue weighted by Gasteiger charge is -2.33. The van der Waals surface area contributed by atoms with Gasteiger partial charge in [-0.25, -0.2) is 4.98 Å². The fraction of sp³-hybridized carbons (Fsp3) is 0.769. The van der Waals surface area contributed by atoms with Gasteiger partial charge in [-0.1, -0.05) is 6.42 Å². The van der Waals surface area contributed by atoms with Crippen LogP contribution in [0.5, 0.6) is 0 Å². The first kappa shape index (κ1) is 11.2. The number of fused-ring (bicyclic) bond motifs is 1. The minimum atomic E-state index is 0.654. The van der Waals surface area contributed by atoms with Crippen LogP contribution in [0.15, 0.2) is 12.5 Å². The molecule has 0 aromatic carbocycles. The molecule has 94 valence electrons. The maximum Gasteiger partial charge on any atom is 0.0951 e. The number of aromatic nitrogens is 2. The second kappa shape index (κ2) is 4.78. The molecule has 0 aliphatic carbocycles. The van der Waals surface area contributed by atoms with E-state index in [2.05, 4.69) is 19.8 Å². The molecule has 4 heteroatoms. The number of hydrogen-bond donors (Lipinski definition) is 1. The van der Waals surface area contributed by atoms with Crippen LogP contribution in [0, 0.1) is 0 Å². The molecule has 4 nitrogen and oxygen atoms in total. The van der Waals surface area contributed by atoms with Crippen LogP contribution < -0.4 is 5.32 Å². The summed E-state index contributed by atoms with van der Waals surface area (Å²) in [6.45, 7) is 3.49. The molecular formula is C13H22N4. The largest absolute Gasteiger partial charge is 0.329 e. The highest BCUT2D eigenvalue weighted by Crippen LogP contribution is 2.35. The van der Waals surface area contributed by atoms with Crippen LogP contribution in [0.1, 0.15) is 37.4 Å². The van der Waals surface area contributed by atoms with Crippen LogP contribution in [0.2, 0.25) is 0 Å². The van der Waals surface area contributed by atoms with Gasteiger partial charge in [-0.15, -0.1) is 0 Å². The first-order chi connectivity index (χ1) is 8.40.